The Balaban J connectivity index is 3.07. The van der Waals surface area contributed by atoms with Crippen LogP contribution in [0.1, 0.15) is 169 Å². The van der Waals surface area contributed by atoms with E-state index in [9.17, 15) is 33.9 Å². The number of amides is 11. The van der Waals surface area contributed by atoms with Gasteiger partial charge in [0.15, 0.2) is 0 Å². The maximum Gasteiger partial charge on any atom is 0.246 e. The molecule has 2 fully saturated rings. The second-order valence-electron chi connectivity index (χ2n) is 29.2. The summed E-state index contributed by atoms with van der Waals surface area (Å²) in [6.45, 7) is 33.3. The molecule has 2 aliphatic heterocycles. The molecule has 2 saturated heterocycles. The molecule has 0 aromatic rings. The van der Waals surface area contributed by atoms with Crippen molar-refractivity contribution in [1.82, 2.24) is 60.0 Å². The number of carbonyl (C=O) groups is 11. The van der Waals surface area contributed by atoms with Crippen LogP contribution in [-0.4, -0.2) is 276 Å². The molecule has 25 heteroatoms. The van der Waals surface area contributed by atoms with Crippen LogP contribution in [-0.2, 0) is 57.5 Å². The van der Waals surface area contributed by atoms with E-state index in [1.54, 1.807) is 33.8 Å². The summed E-state index contributed by atoms with van der Waals surface area (Å²) in [4.78, 5) is 177. The predicted molar refractivity (Wildman–Crippen MR) is 369 cm³/mol. The summed E-state index contributed by atoms with van der Waals surface area (Å²) in [5.74, 6) is -9.49. The van der Waals surface area contributed by atoms with E-state index >= 15 is 24.0 Å². The number of aliphatic hydroxyl groups is 1. The van der Waals surface area contributed by atoms with E-state index in [1.165, 1.54) is 92.6 Å². The van der Waals surface area contributed by atoms with Crippen molar-refractivity contribution in [3.8, 4) is 0 Å². The lowest BCUT2D eigenvalue weighted by molar-refractivity contribution is -0.157. The van der Waals surface area contributed by atoms with Gasteiger partial charge in [-0.05, 0) is 120 Å². The number of allylic oxidation sites excluding steroid dienone is 2. The molecular weight excluding hydrogens is 1220 g/mol. The van der Waals surface area contributed by atoms with Crippen molar-refractivity contribution >= 4 is 65.0 Å². The Bertz CT molecular complexity index is 2570. The van der Waals surface area contributed by atoms with Crippen LogP contribution in [0.3, 0.4) is 0 Å². The minimum atomic E-state index is -1.62. The van der Waals surface area contributed by atoms with Gasteiger partial charge in [0.25, 0.3) is 0 Å². The van der Waals surface area contributed by atoms with E-state index in [-0.39, 0.29) is 62.3 Å². The van der Waals surface area contributed by atoms with Gasteiger partial charge in [-0.3, -0.25) is 57.6 Å². The molecule has 0 aromatic heterocycles. The smallest absolute Gasteiger partial charge is 0.246 e. The molecule has 12 atom stereocenters. The highest BCUT2D eigenvalue weighted by Gasteiger charge is 2.47. The van der Waals surface area contributed by atoms with E-state index in [0.717, 1.165) is 22.9 Å². The van der Waals surface area contributed by atoms with Crippen molar-refractivity contribution in [1.29, 1.82) is 0 Å². The summed E-state index contributed by atoms with van der Waals surface area (Å²) in [7, 11) is 10.1. The molecule has 0 saturated carbocycles. The van der Waals surface area contributed by atoms with Crippen LogP contribution in [0, 0.1) is 41.4 Å². The monoisotopic (exact) mass is 1340 g/mol. The van der Waals surface area contributed by atoms with Gasteiger partial charge >= 0.3 is 0 Å². The molecular formula is C70H126N12O13. The van der Waals surface area contributed by atoms with Crippen molar-refractivity contribution in [3.63, 3.8) is 0 Å². The fraction of sp³-hybridized carbons (Fsp3) is 0.814. The summed E-state index contributed by atoms with van der Waals surface area (Å²) in [6, 6.07) is -12.4. The number of rotatable bonds is 20. The van der Waals surface area contributed by atoms with Gasteiger partial charge in [-0.15, -0.1) is 0 Å². The molecule has 2 rings (SSSR count). The van der Waals surface area contributed by atoms with Crippen LogP contribution < -0.4 is 16.0 Å². The summed E-state index contributed by atoms with van der Waals surface area (Å²) >= 11 is 0. The Morgan fingerprint density at radius 1 is 0.484 bits per heavy atom. The predicted octanol–water partition coefficient (Wildman–Crippen LogP) is 4.09. The first-order chi connectivity index (χ1) is 44.2. The standard InChI is InChI=1S/C70H126N12O13/c1-25-27-30-48(15)60(84)59-63(87)73-51(26-2)65(89)74(18)41-56(83)75(19)55(40-45(9)10)68(92)82(32-29-28-31-81-33-35-95-36-34-81)58(47(13)14)70(94)76(20)52(37-42(3)4)62(86)71-49(16)61(85)72-50(17)64(88)77(21)53(38-43(5)6)66(90)78(22)54(39-44(7)8)67(91)79(23)57(46(11)12)69(93)80(59)24/h25,27,42-55,57-60,84H,26,28-41H2,1-24H3,(H,71,86)(H,72,85)(H,73,87)/b27-25+/t48-,49+,50-,51+,52+,53+,54+,55+,57+,58+,59+,60-/m1/s1. The van der Waals surface area contributed by atoms with Gasteiger partial charge in [0, 0.05) is 69.0 Å². The molecule has 0 aromatic carbocycles. The number of morpholine rings is 1. The maximum atomic E-state index is 15.7. The SMILES string of the molecule is C/C=C/C[C@@H](C)[C@@H](O)[C@H]1C(=O)N[C@@H](CC)C(=O)N(C)CC(=O)N(C)[C@@H](CC(C)C)C(=O)N(CCCCN2CCOCC2)[C@@H](C(C)C)C(=O)N(C)[C@@H](CC(C)C)C(=O)N[C@@H](C)C(=O)N[C@H](C)C(=O)N(C)[C@@H](CC(C)C)C(=O)N(C)[C@@H](CC(C)C)C(=O)N(C)[C@@H](C(C)C)C(=O)N1C. The number of hydrogen-bond acceptors (Lipinski definition) is 14. The molecule has 544 valence electrons. The van der Waals surface area contributed by atoms with E-state index in [2.05, 4.69) is 20.9 Å². The lowest BCUT2D eigenvalue weighted by Crippen LogP contribution is -2.63. The highest BCUT2D eigenvalue weighted by Crippen LogP contribution is 2.27. The van der Waals surface area contributed by atoms with Crippen LogP contribution in [0.5, 0.6) is 0 Å². The number of likely N-dealkylation sites (N-methyl/N-ethyl adjacent to an activating group) is 7. The zero-order chi connectivity index (χ0) is 72.8. The number of carbonyl (C=O) groups excluding carboxylic acids is 11. The second kappa shape index (κ2) is 39.9. The molecule has 2 aliphatic rings. The van der Waals surface area contributed by atoms with E-state index in [1.807, 2.05) is 82.2 Å². The Morgan fingerprint density at radius 2 is 0.916 bits per heavy atom. The molecule has 0 radical (unpaired) electrons. The van der Waals surface area contributed by atoms with Gasteiger partial charge in [0.2, 0.25) is 65.0 Å². The van der Waals surface area contributed by atoms with Gasteiger partial charge < -0.3 is 65.0 Å². The number of unbranched alkanes of at least 4 members (excludes halogenated alkanes) is 1. The molecule has 0 bridgehead atoms. The number of nitrogens with one attached hydrogen (secondary N) is 3. The molecule has 95 heavy (non-hydrogen) atoms. The average molecular weight is 1340 g/mol. The van der Waals surface area contributed by atoms with Crippen LogP contribution in [0.4, 0.5) is 0 Å². The molecule has 4 N–H and O–H groups in total. The normalized spacial score (nSPS) is 26.6. The lowest BCUT2D eigenvalue weighted by Gasteiger charge is -2.41. The molecule has 11 amide bonds. The third-order valence-electron chi connectivity index (χ3n) is 18.6. The van der Waals surface area contributed by atoms with Crippen molar-refractivity contribution in [2.45, 2.75) is 236 Å². The molecule has 2 heterocycles. The first-order valence-electron chi connectivity index (χ1n) is 34.8. The zero-order valence-electron chi connectivity index (χ0n) is 62.5. The topological polar surface area (TPSA) is 282 Å². The van der Waals surface area contributed by atoms with Crippen molar-refractivity contribution < 1.29 is 62.6 Å². The van der Waals surface area contributed by atoms with Crippen LogP contribution >= 0.6 is 0 Å². The van der Waals surface area contributed by atoms with E-state index in [0.29, 0.717) is 39.0 Å². The van der Waals surface area contributed by atoms with Crippen molar-refractivity contribution in [3.05, 3.63) is 12.2 Å². The minimum Gasteiger partial charge on any atom is -0.390 e. The largest absolute Gasteiger partial charge is 0.390 e. The lowest BCUT2D eigenvalue weighted by atomic mass is 9.91. The maximum absolute atomic E-state index is 15.7. The van der Waals surface area contributed by atoms with Crippen molar-refractivity contribution in [2.24, 2.45) is 41.4 Å². The fourth-order valence-corrected chi connectivity index (χ4v) is 12.7. The summed E-state index contributed by atoms with van der Waals surface area (Å²) in [6.07, 6.45) is 4.19. The first kappa shape index (κ1) is 84.9. The third-order valence-corrected chi connectivity index (χ3v) is 18.6. The number of nitrogens with zero attached hydrogens (tertiary/aromatic N) is 9. The van der Waals surface area contributed by atoms with Crippen LogP contribution in [0.25, 0.3) is 0 Å². The molecule has 25 nitrogen and oxygen atoms in total. The quantitative estimate of drug-likeness (QED) is 0.0988. The Morgan fingerprint density at radius 3 is 1.40 bits per heavy atom. The van der Waals surface area contributed by atoms with E-state index in [4.69, 9.17) is 4.74 Å². The Hall–Kier alpha value is -6.21. The van der Waals surface area contributed by atoms with Gasteiger partial charge in [-0.1, -0.05) is 109 Å². The number of hydrogen-bond donors (Lipinski definition) is 4. The highest BCUT2D eigenvalue weighted by atomic mass is 16.5. The highest BCUT2D eigenvalue weighted by molar-refractivity contribution is 5.99. The Kier molecular flexibility index (Phi) is 35.6. The average Bonchev–Trinajstić information content (AvgIpc) is 0.810. The Labute approximate surface area is 569 Å². The van der Waals surface area contributed by atoms with Crippen molar-refractivity contribution in [2.75, 3.05) is 95.3 Å². The molecule has 0 spiro atoms. The van der Waals surface area contributed by atoms with Gasteiger partial charge in [0.1, 0.15) is 60.4 Å². The molecule has 0 aliphatic carbocycles. The fourth-order valence-electron chi connectivity index (χ4n) is 12.7. The first-order valence-corrected chi connectivity index (χ1v) is 34.8. The van der Waals surface area contributed by atoms with Crippen LogP contribution in [0.15, 0.2) is 12.2 Å². The zero-order valence-corrected chi connectivity index (χ0v) is 62.5. The van der Waals surface area contributed by atoms with Gasteiger partial charge in [-0.25, -0.2) is 0 Å². The van der Waals surface area contributed by atoms with Crippen LogP contribution in [0.2, 0.25) is 0 Å². The third kappa shape index (κ3) is 24.4. The second-order valence-corrected chi connectivity index (χ2v) is 29.2. The number of ether oxygens (including phenoxy) is 1. The summed E-state index contributed by atoms with van der Waals surface area (Å²) < 4.78 is 5.57. The summed E-state index contributed by atoms with van der Waals surface area (Å²) in [5, 5.41) is 20.5. The van der Waals surface area contributed by atoms with Gasteiger partial charge in [0.05, 0.1) is 25.9 Å². The van der Waals surface area contributed by atoms with Gasteiger partial charge in [-0.2, -0.15) is 0 Å². The molecule has 0 unspecified atom stereocenters. The minimum absolute atomic E-state index is 0.0195. The number of aliphatic hydroxyl groups excluding tert-OH is 1. The van der Waals surface area contributed by atoms with E-state index < -0.39 is 156 Å². The summed E-state index contributed by atoms with van der Waals surface area (Å²) in [5.41, 5.74) is 0.